The van der Waals surface area contributed by atoms with Crippen molar-refractivity contribution in [2.75, 3.05) is 38.3 Å². The Morgan fingerprint density at radius 3 is 3.00 bits per heavy atom. The van der Waals surface area contributed by atoms with Gasteiger partial charge in [0.1, 0.15) is 5.76 Å². The number of sulfone groups is 1. The van der Waals surface area contributed by atoms with Crippen LogP contribution in [0.1, 0.15) is 25.1 Å². The van der Waals surface area contributed by atoms with Gasteiger partial charge in [-0.2, -0.15) is 0 Å². The van der Waals surface area contributed by atoms with Crippen LogP contribution in [0.2, 0.25) is 0 Å². The summed E-state index contributed by atoms with van der Waals surface area (Å²) in [5.41, 5.74) is 0. The Morgan fingerprint density at radius 1 is 1.57 bits per heavy atom. The summed E-state index contributed by atoms with van der Waals surface area (Å²) in [7, 11) is -1.48. The molecule has 2 atom stereocenters. The van der Waals surface area contributed by atoms with E-state index in [0.29, 0.717) is 25.3 Å². The van der Waals surface area contributed by atoms with Gasteiger partial charge < -0.3 is 19.4 Å². The van der Waals surface area contributed by atoms with Gasteiger partial charge in [0.05, 0.1) is 23.8 Å². The van der Waals surface area contributed by atoms with E-state index in [1.165, 1.54) is 0 Å². The lowest BCUT2D eigenvalue weighted by molar-refractivity contribution is 0.167. The van der Waals surface area contributed by atoms with Crippen molar-refractivity contribution in [3.05, 3.63) is 24.2 Å². The molecule has 2 rings (SSSR count). The number of amides is 2. The molecule has 7 nitrogen and oxygen atoms in total. The van der Waals surface area contributed by atoms with Crippen molar-refractivity contribution in [3.63, 3.8) is 0 Å². The average Bonchev–Trinajstić information content (AvgIpc) is 2.96. The number of ether oxygens (including phenoxy) is 1. The number of rotatable bonds is 5. The van der Waals surface area contributed by atoms with Crippen molar-refractivity contribution in [1.29, 1.82) is 0 Å². The lowest BCUT2D eigenvalue weighted by Gasteiger charge is -2.25. The molecule has 0 aromatic carbocycles. The standard InChI is InChI=1S/C15H24N2O5S/c1-12-10-17(6-9-23(19,20)11-12)15(18)16-13(5-8-21-2)14-4-3-7-22-14/h3-4,7,12-13H,5-6,8-11H2,1-2H3,(H,16,18)/t12-,13+/m0/s1. The third-order valence-electron chi connectivity index (χ3n) is 3.82. The summed E-state index contributed by atoms with van der Waals surface area (Å²) in [6, 6.07) is 3.00. The molecule has 8 heteroatoms. The fraction of sp³-hybridized carbons (Fsp3) is 0.667. The Labute approximate surface area is 136 Å². The minimum Gasteiger partial charge on any atom is -0.467 e. The molecule has 0 unspecified atom stereocenters. The Morgan fingerprint density at radius 2 is 2.35 bits per heavy atom. The van der Waals surface area contributed by atoms with E-state index in [1.807, 2.05) is 6.92 Å². The summed E-state index contributed by atoms with van der Waals surface area (Å²) < 4.78 is 34.1. The lowest BCUT2D eigenvalue weighted by Crippen LogP contribution is -2.44. The van der Waals surface area contributed by atoms with Crippen molar-refractivity contribution in [3.8, 4) is 0 Å². The van der Waals surface area contributed by atoms with Gasteiger partial charge in [0.2, 0.25) is 0 Å². The number of carbonyl (C=O) groups excluding carboxylic acids is 1. The van der Waals surface area contributed by atoms with E-state index in [4.69, 9.17) is 9.15 Å². The first-order valence-corrected chi connectivity index (χ1v) is 9.51. The predicted octanol–water partition coefficient (Wildman–Crippen LogP) is 1.43. The van der Waals surface area contributed by atoms with Crippen LogP contribution in [0.5, 0.6) is 0 Å². The van der Waals surface area contributed by atoms with Crippen LogP contribution in [0.4, 0.5) is 4.79 Å². The monoisotopic (exact) mass is 344 g/mol. The first kappa shape index (κ1) is 17.8. The van der Waals surface area contributed by atoms with Crippen molar-refractivity contribution in [1.82, 2.24) is 10.2 Å². The number of hydrogen-bond donors (Lipinski definition) is 1. The molecule has 0 radical (unpaired) electrons. The maximum absolute atomic E-state index is 12.5. The molecule has 1 aromatic rings. The number of carbonyl (C=O) groups is 1. The van der Waals surface area contributed by atoms with Crippen molar-refractivity contribution < 1.29 is 22.4 Å². The molecule has 0 saturated carbocycles. The van der Waals surface area contributed by atoms with Gasteiger partial charge in [-0.15, -0.1) is 0 Å². The maximum atomic E-state index is 12.5. The fourth-order valence-electron chi connectivity index (χ4n) is 2.72. The molecule has 2 amide bonds. The highest BCUT2D eigenvalue weighted by atomic mass is 32.2. The zero-order valence-electron chi connectivity index (χ0n) is 13.5. The summed E-state index contributed by atoms with van der Waals surface area (Å²) in [6.45, 7) is 2.97. The highest BCUT2D eigenvalue weighted by Crippen LogP contribution is 2.19. The number of urea groups is 1. The number of nitrogens with one attached hydrogen (secondary N) is 1. The van der Waals surface area contributed by atoms with E-state index in [1.54, 1.807) is 30.4 Å². The second-order valence-electron chi connectivity index (χ2n) is 5.96. The Bertz CT molecular complexity index is 599. The number of hydrogen-bond acceptors (Lipinski definition) is 5. The first-order valence-electron chi connectivity index (χ1n) is 7.69. The molecule has 0 spiro atoms. The van der Waals surface area contributed by atoms with Gasteiger partial charge in [0, 0.05) is 26.8 Å². The van der Waals surface area contributed by atoms with Gasteiger partial charge in [0.15, 0.2) is 9.84 Å². The van der Waals surface area contributed by atoms with Crippen LogP contribution in [0, 0.1) is 5.92 Å². The molecule has 130 valence electrons. The van der Waals surface area contributed by atoms with Crippen LogP contribution in [0.15, 0.2) is 22.8 Å². The molecule has 1 aliphatic rings. The van der Waals surface area contributed by atoms with Gasteiger partial charge in [0.25, 0.3) is 0 Å². The van der Waals surface area contributed by atoms with Crippen LogP contribution in [-0.4, -0.2) is 57.7 Å². The van der Waals surface area contributed by atoms with Crippen LogP contribution in [0.3, 0.4) is 0 Å². The zero-order chi connectivity index (χ0) is 16.9. The summed E-state index contributed by atoms with van der Waals surface area (Å²) in [5.74, 6) is 0.719. The minimum atomic E-state index is -3.08. The molecule has 1 saturated heterocycles. The molecule has 0 bridgehead atoms. The minimum absolute atomic E-state index is 0.00818. The SMILES string of the molecule is COCC[C@@H](NC(=O)N1CCS(=O)(=O)C[C@@H](C)C1)c1ccco1. The van der Waals surface area contributed by atoms with Crippen molar-refractivity contribution in [2.24, 2.45) is 5.92 Å². The number of furan rings is 1. The molecule has 1 aromatic heterocycles. The molecular formula is C15H24N2O5S. The van der Waals surface area contributed by atoms with Crippen LogP contribution in [-0.2, 0) is 14.6 Å². The predicted molar refractivity (Wildman–Crippen MR) is 85.9 cm³/mol. The largest absolute Gasteiger partial charge is 0.467 e. The number of nitrogens with zero attached hydrogens (tertiary/aromatic N) is 1. The Kier molecular flexibility index (Phi) is 6.06. The van der Waals surface area contributed by atoms with Gasteiger partial charge in [-0.25, -0.2) is 13.2 Å². The second-order valence-corrected chi connectivity index (χ2v) is 8.19. The number of methoxy groups -OCH3 is 1. The lowest BCUT2D eigenvalue weighted by atomic mass is 10.1. The summed E-state index contributed by atoms with van der Waals surface area (Å²) in [6.07, 6.45) is 2.14. The van der Waals surface area contributed by atoms with Gasteiger partial charge in [-0.05, 0) is 24.5 Å². The third kappa shape index (κ3) is 5.24. The van der Waals surface area contributed by atoms with E-state index < -0.39 is 9.84 Å². The maximum Gasteiger partial charge on any atom is 0.318 e. The molecule has 1 aliphatic heterocycles. The van der Waals surface area contributed by atoms with Gasteiger partial charge >= 0.3 is 6.03 Å². The van der Waals surface area contributed by atoms with E-state index >= 15 is 0 Å². The molecule has 2 heterocycles. The molecule has 1 fully saturated rings. The smallest absolute Gasteiger partial charge is 0.318 e. The Balaban J connectivity index is 2.03. The van der Waals surface area contributed by atoms with Gasteiger partial charge in [-0.3, -0.25) is 0 Å². The Hall–Kier alpha value is -1.54. The zero-order valence-corrected chi connectivity index (χ0v) is 14.3. The first-order chi connectivity index (χ1) is 10.9. The highest BCUT2D eigenvalue weighted by Gasteiger charge is 2.28. The third-order valence-corrected chi connectivity index (χ3v) is 5.71. The quantitative estimate of drug-likeness (QED) is 0.873. The summed E-state index contributed by atoms with van der Waals surface area (Å²) in [4.78, 5) is 14.1. The molecular weight excluding hydrogens is 320 g/mol. The van der Waals surface area contributed by atoms with E-state index in [0.717, 1.165) is 0 Å². The van der Waals surface area contributed by atoms with E-state index in [2.05, 4.69) is 5.32 Å². The fourth-order valence-corrected chi connectivity index (χ4v) is 4.36. The summed E-state index contributed by atoms with van der Waals surface area (Å²) in [5, 5.41) is 2.92. The van der Waals surface area contributed by atoms with Crippen LogP contribution >= 0.6 is 0 Å². The second kappa shape index (κ2) is 7.83. The van der Waals surface area contributed by atoms with Crippen LogP contribution in [0.25, 0.3) is 0 Å². The van der Waals surface area contributed by atoms with E-state index in [-0.39, 0.29) is 36.0 Å². The molecule has 0 aliphatic carbocycles. The molecule has 1 N–H and O–H groups in total. The molecule has 23 heavy (non-hydrogen) atoms. The van der Waals surface area contributed by atoms with Gasteiger partial charge in [-0.1, -0.05) is 6.92 Å². The van der Waals surface area contributed by atoms with Crippen LogP contribution < -0.4 is 5.32 Å². The average molecular weight is 344 g/mol. The highest BCUT2D eigenvalue weighted by molar-refractivity contribution is 7.91. The van der Waals surface area contributed by atoms with E-state index in [9.17, 15) is 13.2 Å². The normalized spacial score (nSPS) is 22.3. The topological polar surface area (TPSA) is 88.9 Å². The van der Waals surface area contributed by atoms with Crippen molar-refractivity contribution >= 4 is 15.9 Å². The summed E-state index contributed by atoms with van der Waals surface area (Å²) >= 11 is 0. The van der Waals surface area contributed by atoms with Crippen molar-refractivity contribution in [2.45, 2.75) is 19.4 Å².